The van der Waals surface area contributed by atoms with Crippen LogP contribution >= 0.6 is 11.6 Å². The van der Waals surface area contributed by atoms with Crippen LogP contribution in [-0.2, 0) is 4.79 Å². The van der Waals surface area contributed by atoms with Crippen molar-refractivity contribution < 1.29 is 9.53 Å². The fourth-order valence-electron chi connectivity index (χ4n) is 1.61. The minimum atomic E-state index is -0.0968. The third-order valence-corrected chi connectivity index (χ3v) is 3.04. The van der Waals surface area contributed by atoms with Crippen LogP contribution in [-0.4, -0.2) is 37.6 Å². The molecule has 0 unspecified atom stereocenters. The second kappa shape index (κ2) is 6.78. The monoisotopic (exact) mass is 284 g/mol. The lowest BCUT2D eigenvalue weighted by Gasteiger charge is -2.29. The first-order valence-corrected chi connectivity index (χ1v) is 6.54. The Balaban J connectivity index is 2.47. The zero-order valence-electron chi connectivity index (χ0n) is 11.6. The summed E-state index contributed by atoms with van der Waals surface area (Å²) in [6.07, 6.45) is 0. The average molecular weight is 285 g/mol. The van der Waals surface area contributed by atoms with E-state index in [1.165, 1.54) is 0 Å². The number of carbonyl (C=O) groups excluding carboxylic acids is 1. The van der Waals surface area contributed by atoms with Crippen molar-refractivity contribution in [3.8, 4) is 5.75 Å². The number of hydrogen-bond donors (Lipinski definition) is 1. The van der Waals surface area contributed by atoms with Crippen molar-refractivity contribution in [2.45, 2.75) is 13.8 Å². The van der Waals surface area contributed by atoms with Crippen LogP contribution in [0.25, 0.3) is 0 Å². The molecule has 0 spiro atoms. The molecular formula is C14H21ClN2O2. The number of likely N-dealkylation sites (N-methyl/N-ethyl adjacent to an activating group) is 1. The van der Waals surface area contributed by atoms with Crippen molar-refractivity contribution in [3.05, 3.63) is 29.3 Å². The van der Waals surface area contributed by atoms with Crippen molar-refractivity contribution in [1.82, 2.24) is 4.90 Å². The molecule has 0 fully saturated rings. The van der Waals surface area contributed by atoms with E-state index in [9.17, 15) is 4.79 Å². The number of ether oxygens (including phenoxy) is 1. The number of halogens is 1. The number of carbonyl (C=O) groups is 1. The van der Waals surface area contributed by atoms with Crippen LogP contribution in [0, 0.1) is 5.41 Å². The van der Waals surface area contributed by atoms with Gasteiger partial charge in [-0.1, -0.05) is 31.5 Å². The van der Waals surface area contributed by atoms with Gasteiger partial charge in [-0.3, -0.25) is 4.79 Å². The largest absolute Gasteiger partial charge is 0.484 e. The molecule has 0 aromatic heterocycles. The molecule has 0 aliphatic carbocycles. The van der Waals surface area contributed by atoms with E-state index in [0.717, 1.165) is 0 Å². The molecule has 0 heterocycles. The third-order valence-electron chi connectivity index (χ3n) is 2.80. The van der Waals surface area contributed by atoms with Crippen molar-refractivity contribution in [3.63, 3.8) is 0 Å². The molecule has 1 aromatic rings. The van der Waals surface area contributed by atoms with Gasteiger partial charge in [0.15, 0.2) is 6.61 Å². The molecule has 2 N–H and O–H groups in total. The number of hydrogen-bond acceptors (Lipinski definition) is 3. The second-order valence-corrected chi connectivity index (χ2v) is 5.80. The summed E-state index contributed by atoms with van der Waals surface area (Å²) >= 11 is 5.84. The third kappa shape index (κ3) is 5.49. The molecule has 1 aromatic carbocycles. The van der Waals surface area contributed by atoms with Gasteiger partial charge >= 0.3 is 0 Å². The van der Waals surface area contributed by atoms with E-state index >= 15 is 0 Å². The lowest BCUT2D eigenvalue weighted by Crippen LogP contribution is -2.41. The van der Waals surface area contributed by atoms with E-state index in [4.69, 9.17) is 22.1 Å². The van der Waals surface area contributed by atoms with Crippen molar-refractivity contribution in [1.29, 1.82) is 0 Å². The van der Waals surface area contributed by atoms with Crippen molar-refractivity contribution >= 4 is 17.5 Å². The molecule has 106 valence electrons. The highest BCUT2D eigenvalue weighted by Gasteiger charge is 2.21. The molecular weight excluding hydrogens is 264 g/mol. The average Bonchev–Trinajstić information content (AvgIpc) is 2.35. The van der Waals surface area contributed by atoms with Crippen LogP contribution in [0.5, 0.6) is 5.75 Å². The molecule has 0 saturated heterocycles. The summed E-state index contributed by atoms with van der Waals surface area (Å²) in [6, 6.07) is 6.98. The Kier molecular flexibility index (Phi) is 5.63. The predicted octanol–water partition coefficient (Wildman–Crippen LogP) is 2.16. The van der Waals surface area contributed by atoms with Crippen LogP contribution < -0.4 is 10.5 Å². The molecule has 0 saturated carbocycles. The quantitative estimate of drug-likeness (QED) is 0.871. The summed E-state index contributed by atoms with van der Waals surface area (Å²) < 4.78 is 5.41. The minimum Gasteiger partial charge on any atom is -0.484 e. The standard InChI is InChI=1S/C14H21ClN2O2/c1-14(2,9-16)10-17(3)13(18)8-19-12-6-4-5-11(15)7-12/h4-7H,8-10,16H2,1-3H3. The Morgan fingerprint density at radius 1 is 1.47 bits per heavy atom. The van der Waals surface area contributed by atoms with Gasteiger partial charge in [-0.15, -0.1) is 0 Å². The summed E-state index contributed by atoms with van der Waals surface area (Å²) in [5, 5.41) is 0.586. The summed E-state index contributed by atoms with van der Waals surface area (Å²) in [4.78, 5) is 13.6. The molecule has 1 rings (SSSR count). The molecule has 4 nitrogen and oxygen atoms in total. The van der Waals surface area contributed by atoms with Gasteiger partial charge in [0.25, 0.3) is 5.91 Å². The van der Waals surface area contributed by atoms with Crippen LogP contribution in [0.1, 0.15) is 13.8 Å². The zero-order chi connectivity index (χ0) is 14.5. The van der Waals surface area contributed by atoms with Gasteiger partial charge in [0, 0.05) is 18.6 Å². The van der Waals surface area contributed by atoms with Crippen LogP contribution in [0.3, 0.4) is 0 Å². The molecule has 0 aliphatic heterocycles. The predicted molar refractivity (Wildman–Crippen MR) is 77.4 cm³/mol. The number of nitrogens with two attached hydrogens (primary N) is 1. The van der Waals surface area contributed by atoms with E-state index in [-0.39, 0.29) is 17.9 Å². The summed E-state index contributed by atoms with van der Waals surface area (Å²) in [5.41, 5.74) is 5.56. The second-order valence-electron chi connectivity index (χ2n) is 5.36. The van der Waals surface area contributed by atoms with Gasteiger partial charge in [-0.25, -0.2) is 0 Å². The van der Waals surface area contributed by atoms with E-state index in [2.05, 4.69) is 0 Å². The Morgan fingerprint density at radius 2 is 2.16 bits per heavy atom. The molecule has 0 bridgehead atoms. The van der Waals surface area contributed by atoms with E-state index < -0.39 is 0 Å². The first-order chi connectivity index (χ1) is 8.84. The number of rotatable bonds is 6. The van der Waals surface area contributed by atoms with E-state index in [1.807, 2.05) is 13.8 Å². The molecule has 1 amide bonds. The molecule has 0 aliphatic rings. The van der Waals surface area contributed by atoms with Gasteiger partial charge in [-0.2, -0.15) is 0 Å². The highest BCUT2D eigenvalue weighted by atomic mass is 35.5. The molecule has 5 heteroatoms. The number of nitrogens with zero attached hydrogens (tertiary/aromatic N) is 1. The first kappa shape index (κ1) is 15.8. The Bertz CT molecular complexity index is 435. The maximum absolute atomic E-state index is 11.9. The Hall–Kier alpha value is -1.26. The SMILES string of the molecule is CN(CC(C)(C)CN)C(=O)COc1cccc(Cl)c1. The van der Waals surface area contributed by atoms with Crippen molar-refractivity contribution in [2.24, 2.45) is 11.1 Å². The topological polar surface area (TPSA) is 55.6 Å². The molecule has 19 heavy (non-hydrogen) atoms. The summed E-state index contributed by atoms with van der Waals surface area (Å²) in [6.45, 7) is 5.17. The molecule has 0 radical (unpaired) electrons. The Labute approximate surface area is 119 Å². The van der Waals surface area contributed by atoms with Gasteiger partial charge in [0.05, 0.1) is 0 Å². The normalized spacial score (nSPS) is 11.2. The van der Waals surface area contributed by atoms with E-state index in [0.29, 0.717) is 23.9 Å². The van der Waals surface area contributed by atoms with E-state index in [1.54, 1.807) is 36.2 Å². The van der Waals surface area contributed by atoms with Gasteiger partial charge in [-0.05, 0) is 30.2 Å². The summed E-state index contributed by atoms with van der Waals surface area (Å²) in [7, 11) is 1.75. The number of amides is 1. The lowest BCUT2D eigenvalue weighted by atomic mass is 9.93. The maximum Gasteiger partial charge on any atom is 0.260 e. The van der Waals surface area contributed by atoms with Crippen LogP contribution in [0.2, 0.25) is 5.02 Å². The lowest BCUT2D eigenvalue weighted by molar-refractivity contribution is -0.133. The first-order valence-electron chi connectivity index (χ1n) is 6.16. The fraction of sp³-hybridized carbons (Fsp3) is 0.500. The van der Waals surface area contributed by atoms with Gasteiger partial charge in [0.2, 0.25) is 0 Å². The minimum absolute atomic E-state index is 0.00249. The Morgan fingerprint density at radius 3 is 2.74 bits per heavy atom. The van der Waals surface area contributed by atoms with Crippen molar-refractivity contribution in [2.75, 3.05) is 26.7 Å². The highest BCUT2D eigenvalue weighted by molar-refractivity contribution is 6.30. The smallest absolute Gasteiger partial charge is 0.260 e. The highest BCUT2D eigenvalue weighted by Crippen LogP contribution is 2.17. The summed E-state index contributed by atoms with van der Waals surface area (Å²) in [5.74, 6) is 0.508. The zero-order valence-corrected chi connectivity index (χ0v) is 12.4. The molecule has 0 atom stereocenters. The van der Waals surface area contributed by atoms with Crippen LogP contribution in [0.4, 0.5) is 0 Å². The van der Waals surface area contributed by atoms with Crippen LogP contribution in [0.15, 0.2) is 24.3 Å². The van der Waals surface area contributed by atoms with Gasteiger partial charge < -0.3 is 15.4 Å². The van der Waals surface area contributed by atoms with Gasteiger partial charge in [0.1, 0.15) is 5.75 Å². The maximum atomic E-state index is 11.9. The number of benzene rings is 1. The fourth-order valence-corrected chi connectivity index (χ4v) is 1.79.